The lowest BCUT2D eigenvalue weighted by molar-refractivity contribution is -0.141. The van der Waals surface area contributed by atoms with E-state index in [1.165, 1.54) is 4.90 Å². The average Bonchev–Trinajstić information content (AvgIpc) is 2.95. The van der Waals surface area contributed by atoms with E-state index in [-0.39, 0.29) is 11.9 Å². The molecule has 1 unspecified atom stereocenters. The molecule has 1 aromatic rings. The second-order valence-corrected chi connectivity index (χ2v) is 5.19. The van der Waals surface area contributed by atoms with Gasteiger partial charge in [-0.1, -0.05) is 37.3 Å². The third kappa shape index (κ3) is 3.29. The van der Waals surface area contributed by atoms with Crippen molar-refractivity contribution < 1.29 is 14.7 Å². The minimum absolute atomic E-state index is 0.200. The van der Waals surface area contributed by atoms with E-state index >= 15 is 0 Å². The lowest BCUT2D eigenvalue weighted by atomic mass is 10.0. The fourth-order valence-electron chi connectivity index (χ4n) is 2.51. The number of carboxylic acid groups (broad SMARTS) is 1. The van der Waals surface area contributed by atoms with E-state index in [1.54, 1.807) is 0 Å². The molecule has 0 aliphatic carbocycles. The Labute approximate surface area is 118 Å². The highest BCUT2D eigenvalue weighted by atomic mass is 16.4. The summed E-state index contributed by atoms with van der Waals surface area (Å²) in [6, 6.07) is 8.97. The molecule has 5 heteroatoms. The van der Waals surface area contributed by atoms with Crippen LogP contribution in [0.2, 0.25) is 0 Å². The first-order valence-corrected chi connectivity index (χ1v) is 6.92. The molecule has 0 spiro atoms. The molecule has 1 saturated heterocycles. The zero-order valence-corrected chi connectivity index (χ0v) is 11.6. The second kappa shape index (κ2) is 6.41. The minimum atomic E-state index is -0.922. The van der Waals surface area contributed by atoms with Crippen molar-refractivity contribution in [3.63, 3.8) is 0 Å². The molecule has 0 bridgehead atoms. The van der Waals surface area contributed by atoms with Crippen LogP contribution in [0.1, 0.15) is 31.2 Å². The summed E-state index contributed by atoms with van der Waals surface area (Å²) in [5, 5.41) is 11.9. The van der Waals surface area contributed by atoms with E-state index < -0.39 is 12.0 Å². The highest BCUT2D eigenvalue weighted by molar-refractivity contribution is 5.83. The first kappa shape index (κ1) is 14.4. The van der Waals surface area contributed by atoms with Gasteiger partial charge in [0.15, 0.2) is 0 Å². The van der Waals surface area contributed by atoms with Gasteiger partial charge in [0, 0.05) is 13.1 Å². The quantitative estimate of drug-likeness (QED) is 0.884. The number of likely N-dealkylation sites (tertiary alicyclic amines) is 1. The van der Waals surface area contributed by atoms with E-state index in [4.69, 9.17) is 5.11 Å². The van der Waals surface area contributed by atoms with Gasteiger partial charge in [0.2, 0.25) is 0 Å². The van der Waals surface area contributed by atoms with Crippen LogP contribution in [-0.4, -0.2) is 41.1 Å². The number of nitrogens with zero attached hydrogens (tertiary/aromatic N) is 1. The molecule has 0 saturated carbocycles. The Bertz CT molecular complexity index is 475. The largest absolute Gasteiger partial charge is 0.480 e. The molecule has 20 heavy (non-hydrogen) atoms. The molecule has 0 aromatic heterocycles. The lowest BCUT2D eigenvalue weighted by Gasteiger charge is -2.23. The van der Waals surface area contributed by atoms with Gasteiger partial charge in [-0.05, 0) is 24.3 Å². The Morgan fingerprint density at radius 3 is 2.75 bits per heavy atom. The molecule has 1 aromatic carbocycles. The molecule has 0 radical (unpaired) electrons. The summed E-state index contributed by atoms with van der Waals surface area (Å²) in [6.07, 6.45) is 1.29. The van der Waals surface area contributed by atoms with Crippen molar-refractivity contribution >= 4 is 12.0 Å². The standard InChI is InChI=1S/C15H20N2O3/c1-11(12-6-3-2-4-7-12)10-16-15(20)17-9-5-8-13(17)14(18)19/h2-4,6-7,11,13H,5,8-10H2,1H3,(H,16,20)(H,18,19)/t11?,13-/m1/s1. The van der Waals surface area contributed by atoms with Crippen LogP contribution in [0, 0.1) is 0 Å². The maximum Gasteiger partial charge on any atom is 0.326 e. The smallest absolute Gasteiger partial charge is 0.326 e. The molecule has 2 N–H and O–H groups in total. The molecule has 1 fully saturated rings. The van der Waals surface area contributed by atoms with E-state index in [2.05, 4.69) is 5.32 Å². The van der Waals surface area contributed by atoms with Crippen molar-refractivity contribution in [1.82, 2.24) is 10.2 Å². The molecule has 2 atom stereocenters. The molecule has 1 aliphatic heterocycles. The zero-order chi connectivity index (χ0) is 14.5. The normalized spacial score (nSPS) is 19.6. The zero-order valence-electron chi connectivity index (χ0n) is 11.6. The van der Waals surface area contributed by atoms with Crippen molar-refractivity contribution in [2.45, 2.75) is 31.7 Å². The van der Waals surface area contributed by atoms with Crippen molar-refractivity contribution in [3.8, 4) is 0 Å². The van der Waals surface area contributed by atoms with Crippen LogP contribution in [0.4, 0.5) is 4.79 Å². The number of rotatable bonds is 4. The monoisotopic (exact) mass is 276 g/mol. The second-order valence-electron chi connectivity index (χ2n) is 5.19. The van der Waals surface area contributed by atoms with Crippen LogP contribution in [0.15, 0.2) is 30.3 Å². The van der Waals surface area contributed by atoms with Gasteiger partial charge in [0.05, 0.1) is 0 Å². The van der Waals surface area contributed by atoms with Crippen LogP contribution in [0.3, 0.4) is 0 Å². The van der Waals surface area contributed by atoms with Crippen molar-refractivity contribution in [3.05, 3.63) is 35.9 Å². The molecule has 108 valence electrons. The summed E-state index contributed by atoms with van der Waals surface area (Å²) in [5.74, 6) is -0.722. The highest BCUT2D eigenvalue weighted by Gasteiger charge is 2.33. The van der Waals surface area contributed by atoms with Gasteiger partial charge in [-0.15, -0.1) is 0 Å². The van der Waals surface area contributed by atoms with E-state index in [0.29, 0.717) is 19.5 Å². The first-order valence-electron chi connectivity index (χ1n) is 6.92. The Morgan fingerprint density at radius 1 is 1.40 bits per heavy atom. The van der Waals surface area contributed by atoms with Crippen molar-refractivity contribution in [1.29, 1.82) is 0 Å². The molecule has 2 rings (SSSR count). The van der Waals surface area contributed by atoms with Crippen LogP contribution in [0.5, 0.6) is 0 Å². The summed E-state index contributed by atoms with van der Waals surface area (Å²) < 4.78 is 0. The number of carbonyl (C=O) groups excluding carboxylic acids is 1. The van der Waals surface area contributed by atoms with Gasteiger partial charge in [0.25, 0.3) is 0 Å². The number of aliphatic carboxylic acids is 1. The Balaban J connectivity index is 1.87. The highest BCUT2D eigenvalue weighted by Crippen LogP contribution is 2.18. The summed E-state index contributed by atoms with van der Waals surface area (Å²) in [5.41, 5.74) is 1.16. The summed E-state index contributed by atoms with van der Waals surface area (Å²) in [7, 11) is 0. The molecular weight excluding hydrogens is 256 g/mol. The Kier molecular flexibility index (Phi) is 4.61. The van der Waals surface area contributed by atoms with Gasteiger partial charge < -0.3 is 15.3 Å². The van der Waals surface area contributed by atoms with Crippen LogP contribution in [-0.2, 0) is 4.79 Å². The molecule has 1 heterocycles. The first-order chi connectivity index (χ1) is 9.59. The SMILES string of the molecule is CC(CNC(=O)N1CCC[C@@H]1C(=O)O)c1ccccc1. The third-order valence-electron chi connectivity index (χ3n) is 3.73. The van der Waals surface area contributed by atoms with Crippen LogP contribution in [0.25, 0.3) is 0 Å². The van der Waals surface area contributed by atoms with Crippen molar-refractivity contribution in [2.24, 2.45) is 0 Å². The summed E-state index contributed by atoms with van der Waals surface area (Å²) in [6.45, 7) is 3.06. The predicted octanol–water partition coefficient (Wildman–Crippen LogP) is 2.05. The number of hydrogen-bond donors (Lipinski definition) is 2. The van der Waals surface area contributed by atoms with Gasteiger partial charge >= 0.3 is 12.0 Å². The van der Waals surface area contributed by atoms with Gasteiger partial charge in [-0.3, -0.25) is 0 Å². The fraction of sp³-hybridized carbons (Fsp3) is 0.467. The molecular formula is C15H20N2O3. The topological polar surface area (TPSA) is 69.6 Å². The number of amides is 2. The summed E-state index contributed by atoms with van der Waals surface area (Å²) in [4.78, 5) is 24.5. The predicted molar refractivity (Wildman–Crippen MR) is 75.6 cm³/mol. The number of hydrogen-bond acceptors (Lipinski definition) is 2. The molecule has 2 amide bonds. The third-order valence-corrected chi connectivity index (χ3v) is 3.73. The molecule has 5 nitrogen and oxygen atoms in total. The Hall–Kier alpha value is -2.04. The minimum Gasteiger partial charge on any atom is -0.480 e. The Morgan fingerprint density at radius 2 is 2.10 bits per heavy atom. The van der Waals surface area contributed by atoms with E-state index in [1.807, 2.05) is 37.3 Å². The number of carboxylic acids is 1. The number of urea groups is 1. The number of carbonyl (C=O) groups is 2. The maximum absolute atomic E-state index is 12.0. The lowest BCUT2D eigenvalue weighted by Crippen LogP contribution is -2.46. The van der Waals surface area contributed by atoms with E-state index in [0.717, 1.165) is 12.0 Å². The van der Waals surface area contributed by atoms with Gasteiger partial charge in [0.1, 0.15) is 6.04 Å². The fourth-order valence-corrected chi connectivity index (χ4v) is 2.51. The molecule has 1 aliphatic rings. The van der Waals surface area contributed by atoms with Crippen LogP contribution < -0.4 is 5.32 Å². The van der Waals surface area contributed by atoms with Crippen LogP contribution >= 0.6 is 0 Å². The maximum atomic E-state index is 12.0. The van der Waals surface area contributed by atoms with Gasteiger partial charge in [-0.2, -0.15) is 0 Å². The number of nitrogens with one attached hydrogen (secondary N) is 1. The number of benzene rings is 1. The van der Waals surface area contributed by atoms with E-state index in [9.17, 15) is 9.59 Å². The van der Waals surface area contributed by atoms with Gasteiger partial charge in [-0.25, -0.2) is 9.59 Å². The van der Waals surface area contributed by atoms with Crippen molar-refractivity contribution in [2.75, 3.05) is 13.1 Å². The summed E-state index contributed by atoms with van der Waals surface area (Å²) >= 11 is 0. The average molecular weight is 276 g/mol.